The molecule has 0 saturated heterocycles. The van der Waals surface area contributed by atoms with Crippen LogP contribution in [-0.4, -0.2) is 15.1 Å². The van der Waals surface area contributed by atoms with Crippen LogP contribution in [-0.2, 0) is 15.8 Å². The summed E-state index contributed by atoms with van der Waals surface area (Å²) in [6, 6.07) is 9.70. The summed E-state index contributed by atoms with van der Waals surface area (Å²) in [4.78, 5) is 14.8. The molecule has 3 aromatic rings. The number of nitrogens with zero attached hydrogens (tertiary/aromatic N) is 1. The van der Waals surface area contributed by atoms with Crippen LogP contribution in [0.15, 0.2) is 66.2 Å². The summed E-state index contributed by atoms with van der Waals surface area (Å²) in [7, 11) is -2.29. The summed E-state index contributed by atoms with van der Waals surface area (Å²) in [6.07, 6.45) is 2.66. The van der Waals surface area contributed by atoms with Gasteiger partial charge in [-0.1, -0.05) is 18.2 Å². The van der Waals surface area contributed by atoms with Gasteiger partial charge in [-0.3, -0.25) is 9.52 Å². The number of carbonyl (C=O) groups is 1. The van der Waals surface area contributed by atoms with Crippen LogP contribution in [0.2, 0.25) is 5.02 Å². The van der Waals surface area contributed by atoms with Crippen LogP contribution >= 0.6 is 11.6 Å². The Morgan fingerprint density at radius 1 is 1.19 bits per heavy atom. The van der Waals surface area contributed by atoms with E-state index in [-0.39, 0.29) is 22.5 Å². The van der Waals surface area contributed by atoms with Crippen molar-refractivity contribution in [3.05, 3.63) is 83.5 Å². The third-order valence-corrected chi connectivity index (χ3v) is 5.25. The number of hydrogen-bond acceptors (Lipinski definition) is 4. The maximum absolute atomic E-state index is 14.1. The second-order valence-electron chi connectivity index (χ2n) is 6.25. The quantitative estimate of drug-likeness (QED) is 0.461. The van der Waals surface area contributed by atoms with Crippen molar-refractivity contribution < 1.29 is 22.5 Å². The number of nitrogens with one attached hydrogen (secondary N) is 2. The van der Waals surface area contributed by atoms with E-state index in [1.807, 2.05) is 0 Å². The summed E-state index contributed by atoms with van der Waals surface area (Å²) in [5.74, 6) is -2.04. The highest BCUT2D eigenvalue weighted by Crippen LogP contribution is 2.31. The maximum atomic E-state index is 14.1. The first-order valence-corrected chi connectivity index (χ1v) is 10.3. The molecule has 6 nitrogen and oxygen atoms in total. The van der Waals surface area contributed by atoms with Crippen LogP contribution in [0, 0.1) is 18.6 Å². The highest BCUT2D eigenvalue weighted by atomic mass is 35.5. The van der Waals surface area contributed by atoms with E-state index in [0.717, 1.165) is 18.2 Å². The van der Waals surface area contributed by atoms with E-state index in [9.17, 15) is 17.8 Å². The average molecular weight is 464 g/mol. The van der Waals surface area contributed by atoms with Crippen LogP contribution in [0.5, 0.6) is 11.6 Å². The molecule has 0 aliphatic carbocycles. The molecule has 1 atom stereocenters. The van der Waals surface area contributed by atoms with E-state index in [1.165, 1.54) is 6.20 Å². The molecule has 3 rings (SSSR count). The predicted octanol–water partition coefficient (Wildman–Crippen LogP) is 5.37. The smallest absolute Gasteiger partial charge is 0.247 e. The first-order valence-electron chi connectivity index (χ1n) is 8.78. The van der Waals surface area contributed by atoms with E-state index in [4.69, 9.17) is 16.3 Å². The Bertz CT molecular complexity index is 1150. The van der Waals surface area contributed by atoms with E-state index in [2.05, 4.69) is 21.6 Å². The third-order valence-electron chi connectivity index (χ3n) is 3.86. The zero-order valence-electron chi connectivity index (χ0n) is 16.1. The number of hydrogen-bond donors (Lipinski definition) is 2. The molecule has 0 saturated carbocycles. The summed E-state index contributed by atoms with van der Waals surface area (Å²) in [5.41, 5.74) is 1.39. The van der Waals surface area contributed by atoms with Crippen molar-refractivity contribution in [2.45, 2.75) is 11.8 Å². The number of halogens is 3. The molecular formula is C21H16ClF2N3O3S. The molecule has 2 aromatic carbocycles. The number of aromatic nitrogens is 1. The molecule has 0 radical (unpaired) electrons. The molecule has 1 aromatic heterocycles. The fourth-order valence-electron chi connectivity index (χ4n) is 2.48. The lowest BCUT2D eigenvalue weighted by atomic mass is 10.3. The average Bonchev–Trinajstić information content (AvgIpc) is 2.70. The zero-order chi connectivity index (χ0) is 22.5. The molecule has 1 heterocycles. The fourth-order valence-corrected chi connectivity index (χ4v) is 3.59. The first-order chi connectivity index (χ1) is 14.8. The van der Waals surface area contributed by atoms with Gasteiger partial charge in [-0.2, -0.15) is 0 Å². The van der Waals surface area contributed by atoms with Crippen LogP contribution in [0.4, 0.5) is 20.2 Å². The number of carbonyl (C=O) groups excluding carboxylic acids is 1. The van der Waals surface area contributed by atoms with Gasteiger partial charge in [0.05, 0.1) is 0 Å². The first kappa shape index (κ1) is 22.4. The normalized spacial score (nSPS) is 11.5. The molecule has 0 aliphatic heterocycles. The van der Waals surface area contributed by atoms with Crippen molar-refractivity contribution in [2.75, 3.05) is 10.0 Å². The molecule has 0 bridgehead atoms. The number of pyridine rings is 1. The SMILES string of the molecule is C=CC(=O)Nc1ccc(Oc2ncc(C)cc2NS(=O)c2c(F)cc(Cl)cc2F)cc1. The number of aryl methyl sites for hydroxylation is 1. The molecule has 10 heteroatoms. The van der Waals surface area contributed by atoms with Gasteiger partial charge in [0.15, 0.2) is 11.0 Å². The second-order valence-corrected chi connectivity index (χ2v) is 7.84. The highest BCUT2D eigenvalue weighted by molar-refractivity contribution is 7.86. The van der Waals surface area contributed by atoms with E-state index >= 15 is 0 Å². The Balaban J connectivity index is 1.84. The Labute approximate surface area is 184 Å². The number of rotatable bonds is 7. The number of ether oxygens (including phenoxy) is 1. The van der Waals surface area contributed by atoms with Crippen LogP contribution in [0.1, 0.15) is 5.56 Å². The maximum Gasteiger partial charge on any atom is 0.247 e. The topological polar surface area (TPSA) is 80.3 Å². The third kappa shape index (κ3) is 5.65. The highest BCUT2D eigenvalue weighted by Gasteiger charge is 2.19. The number of benzene rings is 2. The lowest BCUT2D eigenvalue weighted by Crippen LogP contribution is -2.10. The molecule has 1 unspecified atom stereocenters. The molecule has 0 fully saturated rings. The van der Waals surface area contributed by atoms with Crippen molar-refractivity contribution in [2.24, 2.45) is 0 Å². The molecular weight excluding hydrogens is 448 g/mol. The van der Waals surface area contributed by atoms with Crippen molar-refractivity contribution >= 4 is 39.9 Å². The molecule has 2 N–H and O–H groups in total. The molecule has 0 spiro atoms. The van der Waals surface area contributed by atoms with Gasteiger partial charge in [0.1, 0.15) is 28.0 Å². The summed E-state index contributed by atoms with van der Waals surface area (Å²) in [5, 5.41) is 2.45. The molecule has 31 heavy (non-hydrogen) atoms. The summed E-state index contributed by atoms with van der Waals surface area (Å²) < 4.78 is 49.1. The van der Waals surface area contributed by atoms with E-state index in [0.29, 0.717) is 17.0 Å². The summed E-state index contributed by atoms with van der Waals surface area (Å²) in [6.45, 7) is 5.12. The van der Waals surface area contributed by atoms with Gasteiger partial charge in [-0.15, -0.1) is 0 Å². The Morgan fingerprint density at radius 2 is 1.84 bits per heavy atom. The standard InChI is InChI=1S/C21H16ClF2N3O3S/c1-3-19(28)26-14-4-6-15(7-5-14)30-21-18(8-12(2)11-25-21)27-31(29)20-16(23)9-13(22)10-17(20)24/h3-11,27H,1H2,2H3,(H,26,28). The van der Waals surface area contributed by atoms with Gasteiger partial charge in [0.25, 0.3) is 0 Å². The van der Waals surface area contributed by atoms with Crippen molar-refractivity contribution in [1.82, 2.24) is 4.98 Å². The van der Waals surface area contributed by atoms with E-state index < -0.39 is 27.5 Å². The lowest BCUT2D eigenvalue weighted by Gasteiger charge is -2.13. The second kappa shape index (κ2) is 9.67. The molecule has 160 valence electrons. The van der Waals surface area contributed by atoms with Crippen molar-refractivity contribution in [3.63, 3.8) is 0 Å². The van der Waals surface area contributed by atoms with Gasteiger partial charge in [0, 0.05) is 16.9 Å². The van der Waals surface area contributed by atoms with E-state index in [1.54, 1.807) is 37.3 Å². The molecule has 0 aliphatic rings. The Morgan fingerprint density at radius 3 is 2.45 bits per heavy atom. The Hall–Kier alpha value is -3.30. The minimum Gasteiger partial charge on any atom is -0.437 e. The molecule has 1 amide bonds. The monoisotopic (exact) mass is 463 g/mol. The van der Waals surface area contributed by atoms with Crippen LogP contribution < -0.4 is 14.8 Å². The summed E-state index contributed by atoms with van der Waals surface area (Å²) >= 11 is 5.61. The number of amides is 1. The minimum absolute atomic E-state index is 0.0385. The van der Waals surface area contributed by atoms with Gasteiger partial charge >= 0.3 is 0 Å². The van der Waals surface area contributed by atoms with Crippen LogP contribution in [0.25, 0.3) is 0 Å². The van der Waals surface area contributed by atoms with Crippen LogP contribution in [0.3, 0.4) is 0 Å². The minimum atomic E-state index is -2.29. The lowest BCUT2D eigenvalue weighted by molar-refractivity contribution is -0.111. The van der Waals surface area contributed by atoms with Gasteiger partial charge in [-0.05, 0) is 61.0 Å². The van der Waals surface area contributed by atoms with Crippen molar-refractivity contribution in [3.8, 4) is 11.6 Å². The Kier molecular flexibility index (Phi) is 6.98. The van der Waals surface area contributed by atoms with Gasteiger partial charge < -0.3 is 10.1 Å². The van der Waals surface area contributed by atoms with Gasteiger partial charge in [0.2, 0.25) is 11.8 Å². The predicted molar refractivity (Wildman–Crippen MR) is 116 cm³/mol. The largest absolute Gasteiger partial charge is 0.437 e. The number of anilines is 2. The van der Waals surface area contributed by atoms with Crippen molar-refractivity contribution in [1.29, 1.82) is 0 Å². The fraction of sp³-hybridized carbons (Fsp3) is 0.0476. The zero-order valence-corrected chi connectivity index (χ0v) is 17.7. The van der Waals surface area contributed by atoms with Gasteiger partial charge in [-0.25, -0.2) is 18.0 Å².